The van der Waals surface area contributed by atoms with Crippen LogP contribution in [0.15, 0.2) is 24.3 Å². The van der Waals surface area contributed by atoms with Crippen molar-refractivity contribution in [2.45, 2.75) is 31.8 Å². The second-order valence-electron chi connectivity index (χ2n) is 5.09. The first-order chi connectivity index (χ1) is 9.20. The molecule has 19 heavy (non-hydrogen) atoms. The fourth-order valence-corrected chi connectivity index (χ4v) is 2.33. The Morgan fingerprint density at radius 2 is 2.42 bits per heavy atom. The van der Waals surface area contributed by atoms with Crippen LogP contribution in [0, 0.1) is 0 Å². The second-order valence-corrected chi connectivity index (χ2v) is 5.09. The van der Waals surface area contributed by atoms with Crippen molar-refractivity contribution in [3.05, 3.63) is 35.4 Å². The van der Waals surface area contributed by atoms with Crippen LogP contribution in [0.25, 0.3) is 0 Å². The number of carbonyl (C=O) groups excluding carboxylic acids is 1. The zero-order valence-corrected chi connectivity index (χ0v) is 11.4. The summed E-state index contributed by atoms with van der Waals surface area (Å²) in [5, 5.41) is 15.6. The summed E-state index contributed by atoms with van der Waals surface area (Å²) in [5.74, 6) is 0.397. The number of hydrogen-bond donors (Lipinski definition) is 3. The maximum absolute atomic E-state index is 12.0. The molecule has 1 saturated heterocycles. The first kappa shape index (κ1) is 14.0. The Morgan fingerprint density at radius 1 is 1.58 bits per heavy atom. The molecule has 4 heteroatoms. The molecular weight excluding hydrogens is 240 g/mol. The highest BCUT2D eigenvalue weighted by molar-refractivity contribution is 5.94. The van der Waals surface area contributed by atoms with E-state index >= 15 is 0 Å². The van der Waals surface area contributed by atoms with Crippen LogP contribution in [0.1, 0.15) is 41.6 Å². The largest absolute Gasteiger partial charge is 0.391 e. The molecule has 1 aromatic carbocycles. The van der Waals surface area contributed by atoms with Gasteiger partial charge in [-0.05, 0) is 43.0 Å². The molecule has 1 fully saturated rings. The Bertz CT molecular complexity index is 428. The van der Waals surface area contributed by atoms with E-state index in [4.69, 9.17) is 0 Å². The third-order valence-corrected chi connectivity index (χ3v) is 3.65. The molecule has 1 amide bonds. The molecule has 0 aromatic heterocycles. The summed E-state index contributed by atoms with van der Waals surface area (Å²) >= 11 is 0. The zero-order chi connectivity index (χ0) is 13.7. The average molecular weight is 262 g/mol. The van der Waals surface area contributed by atoms with E-state index in [1.165, 1.54) is 5.56 Å². The van der Waals surface area contributed by atoms with Crippen molar-refractivity contribution in [3.8, 4) is 0 Å². The van der Waals surface area contributed by atoms with Crippen molar-refractivity contribution in [3.63, 3.8) is 0 Å². The highest BCUT2D eigenvalue weighted by atomic mass is 16.3. The van der Waals surface area contributed by atoms with Crippen molar-refractivity contribution in [1.29, 1.82) is 0 Å². The Labute approximate surface area is 114 Å². The van der Waals surface area contributed by atoms with E-state index in [-0.39, 0.29) is 5.91 Å². The third kappa shape index (κ3) is 3.78. The minimum atomic E-state index is -0.467. The van der Waals surface area contributed by atoms with Gasteiger partial charge in [-0.15, -0.1) is 0 Å². The maximum atomic E-state index is 12.0. The summed E-state index contributed by atoms with van der Waals surface area (Å²) < 4.78 is 0. The molecule has 0 radical (unpaired) electrons. The quantitative estimate of drug-likeness (QED) is 0.749. The average Bonchev–Trinajstić information content (AvgIpc) is 2.98. The molecule has 3 N–H and O–H groups in total. The Balaban J connectivity index is 1.99. The van der Waals surface area contributed by atoms with Crippen LogP contribution in [0.3, 0.4) is 0 Å². The molecule has 1 aromatic rings. The molecule has 2 unspecified atom stereocenters. The van der Waals surface area contributed by atoms with E-state index in [0.29, 0.717) is 24.4 Å². The monoisotopic (exact) mass is 262 g/mol. The van der Waals surface area contributed by atoms with E-state index in [2.05, 4.69) is 16.7 Å². The van der Waals surface area contributed by atoms with Gasteiger partial charge < -0.3 is 15.7 Å². The van der Waals surface area contributed by atoms with Crippen LogP contribution in [-0.4, -0.2) is 36.8 Å². The van der Waals surface area contributed by atoms with E-state index in [1.807, 2.05) is 25.1 Å². The normalized spacial score (nSPS) is 20.2. The van der Waals surface area contributed by atoms with Crippen LogP contribution in [0.2, 0.25) is 0 Å². The molecule has 2 rings (SSSR count). The third-order valence-electron chi connectivity index (χ3n) is 3.65. The summed E-state index contributed by atoms with van der Waals surface area (Å²) in [6.45, 7) is 4.23. The molecule has 0 bridgehead atoms. The number of carbonyl (C=O) groups is 1. The summed E-state index contributed by atoms with van der Waals surface area (Å²) in [4.78, 5) is 12.0. The van der Waals surface area contributed by atoms with Gasteiger partial charge >= 0.3 is 0 Å². The highest BCUT2D eigenvalue weighted by Gasteiger charge is 2.17. The van der Waals surface area contributed by atoms with Crippen molar-refractivity contribution < 1.29 is 9.90 Å². The van der Waals surface area contributed by atoms with Crippen LogP contribution < -0.4 is 10.6 Å². The molecule has 0 saturated carbocycles. The van der Waals surface area contributed by atoms with Gasteiger partial charge in [0.1, 0.15) is 0 Å². The lowest BCUT2D eigenvalue weighted by Gasteiger charge is -2.12. The minimum absolute atomic E-state index is 0.111. The fourth-order valence-electron chi connectivity index (χ4n) is 2.33. The van der Waals surface area contributed by atoms with Crippen molar-refractivity contribution in [1.82, 2.24) is 10.6 Å². The fraction of sp³-hybridized carbons (Fsp3) is 0.533. The lowest BCUT2D eigenvalue weighted by atomic mass is 9.96. The van der Waals surface area contributed by atoms with Crippen LogP contribution in [-0.2, 0) is 0 Å². The van der Waals surface area contributed by atoms with E-state index < -0.39 is 6.10 Å². The number of hydrogen-bond acceptors (Lipinski definition) is 3. The summed E-state index contributed by atoms with van der Waals surface area (Å²) in [5.41, 5.74) is 1.89. The molecule has 0 aliphatic carbocycles. The predicted molar refractivity (Wildman–Crippen MR) is 75.3 cm³/mol. The number of nitrogens with one attached hydrogen (secondary N) is 2. The Morgan fingerprint density at radius 3 is 3.11 bits per heavy atom. The van der Waals surface area contributed by atoms with Gasteiger partial charge in [-0.2, -0.15) is 0 Å². The Kier molecular flexibility index (Phi) is 4.93. The van der Waals surface area contributed by atoms with Crippen LogP contribution >= 0.6 is 0 Å². The lowest BCUT2D eigenvalue weighted by molar-refractivity contribution is 0.0914. The first-order valence-electron chi connectivity index (χ1n) is 6.97. The SMILES string of the molecule is CCC(O)CNC(=O)c1cccc(C2CCNC2)c1. The van der Waals surface area contributed by atoms with Crippen LogP contribution in [0.5, 0.6) is 0 Å². The molecule has 4 nitrogen and oxygen atoms in total. The molecule has 2 atom stereocenters. The van der Waals surface area contributed by atoms with Gasteiger partial charge in [-0.1, -0.05) is 19.1 Å². The standard InChI is InChI=1S/C15H22N2O2/c1-2-14(18)10-17-15(19)12-5-3-4-11(8-12)13-6-7-16-9-13/h3-5,8,13-14,16,18H,2,6-7,9-10H2,1H3,(H,17,19). The number of aliphatic hydroxyl groups is 1. The topological polar surface area (TPSA) is 61.4 Å². The van der Waals surface area contributed by atoms with Gasteiger partial charge in [-0.3, -0.25) is 4.79 Å². The summed E-state index contributed by atoms with van der Waals surface area (Å²) in [6, 6.07) is 7.79. The number of amides is 1. The second kappa shape index (κ2) is 6.68. The maximum Gasteiger partial charge on any atom is 0.251 e. The van der Waals surface area contributed by atoms with Crippen LogP contribution in [0.4, 0.5) is 0 Å². The van der Waals surface area contributed by atoms with Gasteiger partial charge in [0, 0.05) is 18.7 Å². The molecule has 1 aliphatic rings. The molecule has 1 aliphatic heterocycles. The number of aliphatic hydroxyl groups excluding tert-OH is 1. The van der Waals surface area contributed by atoms with Crippen molar-refractivity contribution in [2.75, 3.05) is 19.6 Å². The highest BCUT2D eigenvalue weighted by Crippen LogP contribution is 2.22. The van der Waals surface area contributed by atoms with Crippen molar-refractivity contribution >= 4 is 5.91 Å². The number of rotatable bonds is 5. The smallest absolute Gasteiger partial charge is 0.251 e. The molecule has 1 heterocycles. The summed E-state index contributed by atoms with van der Waals surface area (Å²) in [7, 11) is 0. The van der Waals surface area contributed by atoms with E-state index in [9.17, 15) is 9.90 Å². The lowest BCUT2D eigenvalue weighted by Crippen LogP contribution is -2.31. The van der Waals surface area contributed by atoms with Gasteiger partial charge in [-0.25, -0.2) is 0 Å². The van der Waals surface area contributed by atoms with Gasteiger partial charge in [0.05, 0.1) is 6.10 Å². The van der Waals surface area contributed by atoms with Gasteiger partial charge in [0.15, 0.2) is 0 Å². The molecule has 0 spiro atoms. The van der Waals surface area contributed by atoms with Gasteiger partial charge in [0.2, 0.25) is 0 Å². The Hall–Kier alpha value is -1.39. The van der Waals surface area contributed by atoms with Gasteiger partial charge in [0.25, 0.3) is 5.91 Å². The zero-order valence-electron chi connectivity index (χ0n) is 11.4. The molecular formula is C15H22N2O2. The van der Waals surface area contributed by atoms with Crippen molar-refractivity contribution in [2.24, 2.45) is 0 Å². The number of benzene rings is 1. The van der Waals surface area contributed by atoms with E-state index in [1.54, 1.807) is 0 Å². The van der Waals surface area contributed by atoms with E-state index in [0.717, 1.165) is 19.5 Å². The first-order valence-corrected chi connectivity index (χ1v) is 6.97. The summed E-state index contributed by atoms with van der Waals surface area (Å²) in [6.07, 6.45) is 1.30. The molecule has 104 valence electrons. The minimum Gasteiger partial charge on any atom is -0.391 e. The predicted octanol–water partition coefficient (Wildman–Crippen LogP) is 1.26.